The van der Waals surface area contributed by atoms with E-state index in [2.05, 4.69) is 61.4 Å². The number of nitrogens with zero attached hydrogens (tertiary/aromatic N) is 1. The molecule has 0 fully saturated rings. The molecule has 8 heteroatoms. The molecule has 0 atom stereocenters. The predicted octanol–water partition coefficient (Wildman–Crippen LogP) is 6.27. The Morgan fingerprint density at radius 2 is 1.70 bits per heavy atom. The molecule has 0 saturated heterocycles. The number of nitrogens with one attached hydrogen (secondary N) is 1. The zero-order valence-corrected chi connectivity index (χ0v) is 21.7. The topological polar surface area (TPSA) is 69.2 Å². The number of amides is 1. The van der Waals surface area contributed by atoms with Crippen LogP contribution in [0.3, 0.4) is 0 Å². The Hall–Kier alpha value is -2.84. The van der Waals surface area contributed by atoms with Crippen molar-refractivity contribution < 1.29 is 19.0 Å². The van der Waals surface area contributed by atoms with Crippen LogP contribution in [0.25, 0.3) is 0 Å². The minimum atomic E-state index is -0.358. The number of hydrogen-bond acceptors (Lipinski definition) is 5. The maximum absolute atomic E-state index is 12.4. The molecule has 33 heavy (non-hydrogen) atoms. The summed E-state index contributed by atoms with van der Waals surface area (Å²) in [6.07, 6.45) is 1.56. The molecule has 0 radical (unpaired) electrons. The van der Waals surface area contributed by atoms with E-state index >= 15 is 0 Å². The first kappa shape index (κ1) is 24.8. The van der Waals surface area contributed by atoms with Gasteiger partial charge in [-0.05, 0) is 87.2 Å². The number of halogens is 2. The lowest BCUT2D eigenvalue weighted by atomic mass is 10.2. The Balaban J connectivity index is 1.64. The monoisotopic (exact) mass is 574 g/mol. The predicted molar refractivity (Wildman–Crippen MR) is 137 cm³/mol. The molecule has 172 valence electrons. The molecule has 3 aromatic rings. The van der Waals surface area contributed by atoms with E-state index in [1.165, 1.54) is 12.7 Å². The zero-order valence-electron chi connectivity index (χ0n) is 18.5. The van der Waals surface area contributed by atoms with Crippen LogP contribution < -0.4 is 19.6 Å². The van der Waals surface area contributed by atoms with Crippen molar-refractivity contribution in [2.45, 2.75) is 20.5 Å². The van der Waals surface area contributed by atoms with Gasteiger partial charge < -0.3 is 14.2 Å². The van der Waals surface area contributed by atoms with Crippen LogP contribution in [0.15, 0.2) is 68.6 Å². The molecular formula is C25H24Br2N2O4. The second kappa shape index (κ2) is 11.9. The number of rotatable bonds is 9. The SMILES string of the molecule is CCOc1ccc(C(=O)N/N=C/c2cc(Br)c(OCc3ccc(C)cc3)c(Br)c2)cc1OC. The average Bonchev–Trinajstić information content (AvgIpc) is 2.80. The van der Waals surface area contributed by atoms with Gasteiger partial charge in [-0.3, -0.25) is 4.79 Å². The molecule has 0 saturated carbocycles. The van der Waals surface area contributed by atoms with Crippen LogP contribution in [0, 0.1) is 6.92 Å². The maximum Gasteiger partial charge on any atom is 0.271 e. The van der Waals surface area contributed by atoms with Crippen molar-refractivity contribution in [1.82, 2.24) is 5.43 Å². The number of methoxy groups -OCH3 is 1. The quantitative estimate of drug-likeness (QED) is 0.241. The van der Waals surface area contributed by atoms with Crippen molar-refractivity contribution in [2.24, 2.45) is 5.10 Å². The first-order valence-electron chi connectivity index (χ1n) is 10.2. The van der Waals surface area contributed by atoms with Gasteiger partial charge in [-0.15, -0.1) is 0 Å². The highest BCUT2D eigenvalue weighted by Gasteiger charge is 2.11. The van der Waals surface area contributed by atoms with E-state index in [4.69, 9.17) is 14.2 Å². The van der Waals surface area contributed by atoms with Crippen molar-refractivity contribution in [3.05, 3.63) is 85.8 Å². The third kappa shape index (κ3) is 6.82. The van der Waals surface area contributed by atoms with Crippen molar-refractivity contribution in [3.8, 4) is 17.2 Å². The van der Waals surface area contributed by atoms with E-state index in [-0.39, 0.29) is 5.91 Å². The lowest BCUT2D eigenvalue weighted by Gasteiger charge is -2.11. The first-order valence-corrected chi connectivity index (χ1v) is 11.8. The van der Waals surface area contributed by atoms with Crippen LogP contribution in [0.2, 0.25) is 0 Å². The van der Waals surface area contributed by atoms with Crippen LogP contribution in [0.5, 0.6) is 17.2 Å². The summed E-state index contributed by atoms with van der Waals surface area (Å²) in [5.41, 5.74) is 6.01. The number of hydrogen-bond donors (Lipinski definition) is 1. The molecular weight excluding hydrogens is 552 g/mol. The highest BCUT2D eigenvalue weighted by Crippen LogP contribution is 2.35. The smallest absolute Gasteiger partial charge is 0.271 e. The molecule has 6 nitrogen and oxygen atoms in total. The van der Waals surface area contributed by atoms with E-state index in [1.54, 1.807) is 24.4 Å². The first-order chi connectivity index (χ1) is 15.9. The summed E-state index contributed by atoms with van der Waals surface area (Å²) in [4.78, 5) is 12.4. The minimum Gasteiger partial charge on any atom is -0.493 e. The molecule has 0 heterocycles. The van der Waals surface area contributed by atoms with Gasteiger partial charge in [0.05, 0.1) is 28.9 Å². The molecule has 3 rings (SSSR count). The highest BCUT2D eigenvalue weighted by atomic mass is 79.9. The molecule has 0 unspecified atom stereocenters. The Kier molecular flexibility index (Phi) is 8.91. The van der Waals surface area contributed by atoms with Gasteiger partial charge in [-0.25, -0.2) is 5.43 Å². The zero-order chi connectivity index (χ0) is 23.8. The fraction of sp³-hybridized carbons (Fsp3) is 0.200. The van der Waals surface area contributed by atoms with Gasteiger partial charge in [-0.2, -0.15) is 5.10 Å². The second-order valence-corrected chi connectivity index (χ2v) is 8.79. The molecule has 0 spiro atoms. The normalized spacial score (nSPS) is 10.8. The number of benzene rings is 3. The van der Waals surface area contributed by atoms with E-state index in [1.807, 2.05) is 31.2 Å². The number of hydrazone groups is 1. The van der Waals surface area contributed by atoms with Crippen molar-refractivity contribution >= 4 is 44.0 Å². The molecule has 0 aliphatic rings. The molecule has 1 amide bonds. The summed E-state index contributed by atoms with van der Waals surface area (Å²) in [6.45, 7) is 4.89. The Bertz CT molecular complexity index is 1120. The minimum absolute atomic E-state index is 0.358. The number of carbonyl (C=O) groups is 1. The molecule has 0 aliphatic heterocycles. The van der Waals surface area contributed by atoms with E-state index in [0.717, 1.165) is 20.1 Å². The Morgan fingerprint density at radius 3 is 2.33 bits per heavy atom. The van der Waals surface area contributed by atoms with E-state index in [0.29, 0.717) is 36.0 Å². The van der Waals surface area contributed by atoms with Gasteiger partial charge in [0, 0.05) is 5.56 Å². The van der Waals surface area contributed by atoms with Crippen molar-refractivity contribution in [3.63, 3.8) is 0 Å². The Labute approximate surface area is 210 Å². The summed E-state index contributed by atoms with van der Waals surface area (Å²) in [5, 5.41) is 4.07. The standard InChI is InChI=1S/C25H24Br2N2O4/c1-4-32-22-10-9-19(13-23(22)31-3)25(30)29-28-14-18-11-20(26)24(21(27)12-18)33-15-17-7-5-16(2)6-8-17/h5-14H,4,15H2,1-3H3,(H,29,30)/b28-14+. The second-order valence-electron chi connectivity index (χ2n) is 7.09. The molecule has 0 aromatic heterocycles. The third-order valence-corrected chi connectivity index (χ3v) is 5.81. The van der Waals surface area contributed by atoms with Crippen LogP contribution in [-0.2, 0) is 6.61 Å². The summed E-state index contributed by atoms with van der Waals surface area (Å²) >= 11 is 7.09. The fourth-order valence-electron chi connectivity index (χ4n) is 2.95. The average molecular weight is 576 g/mol. The lowest BCUT2D eigenvalue weighted by Crippen LogP contribution is -2.17. The van der Waals surface area contributed by atoms with Gasteiger partial charge in [0.25, 0.3) is 5.91 Å². The van der Waals surface area contributed by atoms with Crippen LogP contribution in [0.1, 0.15) is 34.0 Å². The van der Waals surface area contributed by atoms with Gasteiger partial charge in [-0.1, -0.05) is 29.8 Å². The highest BCUT2D eigenvalue weighted by molar-refractivity contribution is 9.11. The molecule has 1 N–H and O–H groups in total. The van der Waals surface area contributed by atoms with Gasteiger partial charge in [0.1, 0.15) is 12.4 Å². The van der Waals surface area contributed by atoms with Crippen molar-refractivity contribution in [1.29, 1.82) is 0 Å². The molecule has 0 bridgehead atoms. The van der Waals surface area contributed by atoms with Crippen LogP contribution in [-0.4, -0.2) is 25.8 Å². The maximum atomic E-state index is 12.4. The Morgan fingerprint density at radius 1 is 1.00 bits per heavy atom. The number of carbonyl (C=O) groups excluding carboxylic acids is 1. The summed E-state index contributed by atoms with van der Waals surface area (Å²) in [6, 6.07) is 16.9. The fourth-order valence-corrected chi connectivity index (χ4v) is 4.40. The van der Waals surface area contributed by atoms with Gasteiger partial charge in [0.15, 0.2) is 11.5 Å². The summed E-state index contributed by atoms with van der Waals surface area (Å²) in [7, 11) is 1.53. The van der Waals surface area contributed by atoms with Gasteiger partial charge >= 0.3 is 0 Å². The molecule has 3 aromatic carbocycles. The van der Waals surface area contributed by atoms with Crippen molar-refractivity contribution in [2.75, 3.05) is 13.7 Å². The largest absolute Gasteiger partial charge is 0.493 e. The summed E-state index contributed by atoms with van der Waals surface area (Å²) < 4.78 is 18.3. The van der Waals surface area contributed by atoms with Gasteiger partial charge in [0.2, 0.25) is 0 Å². The lowest BCUT2D eigenvalue weighted by molar-refractivity contribution is 0.0954. The number of ether oxygens (including phenoxy) is 3. The number of aryl methyl sites for hydroxylation is 1. The van der Waals surface area contributed by atoms with E-state index in [9.17, 15) is 4.79 Å². The van der Waals surface area contributed by atoms with Crippen LogP contribution >= 0.6 is 31.9 Å². The molecule has 0 aliphatic carbocycles. The van der Waals surface area contributed by atoms with Crippen LogP contribution in [0.4, 0.5) is 0 Å². The third-order valence-electron chi connectivity index (χ3n) is 4.63. The summed E-state index contributed by atoms with van der Waals surface area (Å²) in [5.74, 6) is 1.41. The van der Waals surface area contributed by atoms with E-state index < -0.39 is 0 Å².